The largest absolute Gasteiger partial charge is 0.379 e. The quantitative estimate of drug-likeness (QED) is 0.854. The number of carbonyl (C=O) groups is 1. The summed E-state index contributed by atoms with van der Waals surface area (Å²) in [5.41, 5.74) is 1.98. The van der Waals surface area contributed by atoms with Crippen molar-refractivity contribution in [2.24, 2.45) is 5.92 Å². The molecule has 1 amide bonds. The number of hydrogen-bond donors (Lipinski definition) is 0. The summed E-state index contributed by atoms with van der Waals surface area (Å²) in [4.78, 5) is 25.4. The van der Waals surface area contributed by atoms with Crippen molar-refractivity contribution in [2.75, 3.05) is 26.3 Å². The molecule has 5 nitrogen and oxygen atoms in total. The Kier molecular flexibility index (Phi) is 5.58. The van der Waals surface area contributed by atoms with Crippen molar-refractivity contribution in [3.05, 3.63) is 45.7 Å². The van der Waals surface area contributed by atoms with Gasteiger partial charge in [0.2, 0.25) is 5.91 Å². The van der Waals surface area contributed by atoms with Gasteiger partial charge in [-0.2, -0.15) is 0 Å². The van der Waals surface area contributed by atoms with Crippen molar-refractivity contribution in [1.29, 1.82) is 0 Å². The minimum Gasteiger partial charge on any atom is -0.379 e. The summed E-state index contributed by atoms with van der Waals surface area (Å²) in [6.45, 7) is 6.71. The molecule has 0 radical (unpaired) electrons. The normalized spacial score (nSPS) is 18.4. The van der Waals surface area contributed by atoms with E-state index in [1.54, 1.807) is 17.7 Å². The van der Waals surface area contributed by atoms with Crippen LogP contribution in [0.25, 0.3) is 0 Å². The van der Waals surface area contributed by atoms with Gasteiger partial charge >= 0.3 is 0 Å². The number of rotatable bonds is 4. The van der Waals surface area contributed by atoms with Crippen LogP contribution in [0.2, 0.25) is 0 Å². The molecule has 2 aromatic rings. The number of amides is 1. The second-order valence-electron chi connectivity index (χ2n) is 6.32. The zero-order valence-corrected chi connectivity index (χ0v) is 15.0. The molecule has 1 atom stereocenters. The first-order chi connectivity index (χ1) is 11.6. The highest BCUT2D eigenvalue weighted by Gasteiger charge is 2.23. The van der Waals surface area contributed by atoms with E-state index in [1.807, 2.05) is 24.0 Å². The molecule has 1 saturated heterocycles. The molecule has 0 unspecified atom stereocenters. The Morgan fingerprint density at radius 1 is 1.38 bits per heavy atom. The highest BCUT2D eigenvalue weighted by atomic mass is 32.1. The van der Waals surface area contributed by atoms with Crippen LogP contribution in [0.5, 0.6) is 0 Å². The summed E-state index contributed by atoms with van der Waals surface area (Å²) in [5, 5.41) is 0. The van der Waals surface area contributed by atoms with Crippen LogP contribution < -0.4 is 0 Å². The summed E-state index contributed by atoms with van der Waals surface area (Å²) in [6.07, 6.45) is 2.90. The molecule has 1 fully saturated rings. The molecule has 1 aliphatic rings. The van der Waals surface area contributed by atoms with E-state index in [-0.39, 0.29) is 11.8 Å². The molecular weight excluding hydrogens is 322 g/mol. The molecule has 0 N–H and O–H groups in total. The molecule has 128 valence electrons. The Hall–Kier alpha value is -1.79. The van der Waals surface area contributed by atoms with Crippen LogP contribution in [0.15, 0.2) is 24.5 Å². The van der Waals surface area contributed by atoms with Crippen LogP contribution in [0, 0.1) is 19.8 Å². The standard InChI is InChI=1S/C18H23N3O2S/c1-13-7-16(20-12-19-13)8-15-10-21(5-6-23-11-15)18(22)9-17-4-3-14(2)24-17/h3-4,7,12,15H,5-6,8-11H2,1-2H3/t15-/m0/s1. The number of ether oxygens (including phenoxy) is 1. The number of carbonyl (C=O) groups excluding carboxylic acids is 1. The fourth-order valence-electron chi connectivity index (χ4n) is 2.99. The Morgan fingerprint density at radius 2 is 2.25 bits per heavy atom. The molecule has 0 saturated carbocycles. The van der Waals surface area contributed by atoms with E-state index < -0.39 is 0 Å². The van der Waals surface area contributed by atoms with Crippen LogP contribution in [0.4, 0.5) is 0 Å². The lowest BCUT2D eigenvalue weighted by molar-refractivity contribution is -0.130. The van der Waals surface area contributed by atoms with Crippen LogP contribution in [-0.4, -0.2) is 47.1 Å². The summed E-state index contributed by atoms with van der Waals surface area (Å²) in [6, 6.07) is 6.12. The van der Waals surface area contributed by atoms with E-state index in [0.29, 0.717) is 26.2 Å². The second kappa shape index (κ2) is 7.85. The van der Waals surface area contributed by atoms with Gasteiger partial charge in [-0.25, -0.2) is 9.97 Å². The topological polar surface area (TPSA) is 55.3 Å². The van der Waals surface area contributed by atoms with Gasteiger partial charge < -0.3 is 9.64 Å². The van der Waals surface area contributed by atoms with Gasteiger partial charge in [-0.1, -0.05) is 0 Å². The van der Waals surface area contributed by atoms with Gasteiger partial charge in [0, 0.05) is 40.1 Å². The van der Waals surface area contributed by atoms with Crippen molar-refractivity contribution in [3.63, 3.8) is 0 Å². The third kappa shape index (κ3) is 4.61. The fourth-order valence-corrected chi connectivity index (χ4v) is 3.87. The number of thiophene rings is 1. The van der Waals surface area contributed by atoms with Gasteiger partial charge in [-0.3, -0.25) is 4.79 Å². The zero-order valence-electron chi connectivity index (χ0n) is 14.2. The van der Waals surface area contributed by atoms with Gasteiger partial charge in [0.1, 0.15) is 6.33 Å². The van der Waals surface area contributed by atoms with Crippen molar-refractivity contribution in [3.8, 4) is 0 Å². The first-order valence-corrected chi connectivity index (χ1v) is 9.10. The maximum Gasteiger partial charge on any atom is 0.227 e. The molecule has 1 aliphatic heterocycles. The van der Waals surface area contributed by atoms with E-state index >= 15 is 0 Å². The van der Waals surface area contributed by atoms with Crippen LogP contribution in [0.1, 0.15) is 21.1 Å². The minimum atomic E-state index is 0.186. The highest BCUT2D eigenvalue weighted by Crippen LogP contribution is 2.18. The average molecular weight is 345 g/mol. The second-order valence-corrected chi connectivity index (χ2v) is 7.70. The Morgan fingerprint density at radius 3 is 3.00 bits per heavy atom. The smallest absolute Gasteiger partial charge is 0.227 e. The molecule has 0 aromatic carbocycles. The number of nitrogens with zero attached hydrogens (tertiary/aromatic N) is 3. The maximum atomic E-state index is 12.6. The van der Waals surface area contributed by atoms with Gasteiger partial charge in [-0.05, 0) is 38.5 Å². The van der Waals surface area contributed by atoms with Crippen LogP contribution in [-0.2, 0) is 22.4 Å². The van der Waals surface area contributed by atoms with E-state index in [4.69, 9.17) is 4.74 Å². The summed E-state index contributed by atoms with van der Waals surface area (Å²) in [5.74, 6) is 0.460. The van der Waals surface area contributed by atoms with E-state index in [0.717, 1.165) is 29.2 Å². The summed E-state index contributed by atoms with van der Waals surface area (Å²) in [7, 11) is 0. The lowest BCUT2D eigenvalue weighted by atomic mass is 10.0. The predicted molar refractivity (Wildman–Crippen MR) is 94.1 cm³/mol. The number of aryl methyl sites for hydroxylation is 2. The number of aromatic nitrogens is 2. The van der Waals surface area contributed by atoms with Gasteiger partial charge in [0.15, 0.2) is 0 Å². The van der Waals surface area contributed by atoms with Crippen molar-refractivity contribution >= 4 is 17.2 Å². The highest BCUT2D eigenvalue weighted by molar-refractivity contribution is 7.12. The molecule has 0 spiro atoms. The summed E-state index contributed by atoms with van der Waals surface area (Å²) >= 11 is 1.69. The molecule has 3 rings (SSSR count). The fraction of sp³-hybridized carbons (Fsp3) is 0.500. The predicted octanol–water partition coefficient (Wildman–Crippen LogP) is 2.42. The molecule has 0 bridgehead atoms. The Labute approximate surface area is 146 Å². The SMILES string of the molecule is Cc1cc(C[C@@H]2COCCN(C(=O)Cc3ccc(C)s3)C2)ncn1. The molecule has 24 heavy (non-hydrogen) atoms. The molecule has 3 heterocycles. The lowest BCUT2D eigenvalue weighted by Gasteiger charge is -2.23. The van der Waals surface area contributed by atoms with Gasteiger partial charge in [-0.15, -0.1) is 11.3 Å². The molecule has 2 aromatic heterocycles. The van der Waals surface area contributed by atoms with Crippen LogP contribution in [0.3, 0.4) is 0 Å². The maximum absolute atomic E-state index is 12.6. The first-order valence-electron chi connectivity index (χ1n) is 8.28. The Bertz CT molecular complexity index is 701. The molecule has 6 heteroatoms. The average Bonchev–Trinajstić information content (AvgIpc) is 2.81. The monoisotopic (exact) mass is 345 g/mol. The number of hydrogen-bond acceptors (Lipinski definition) is 5. The van der Waals surface area contributed by atoms with Crippen LogP contribution >= 0.6 is 11.3 Å². The van der Waals surface area contributed by atoms with E-state index in [1.165, 1.54) is 4.88 Å². The lowest BCUT2D eigenvalue weighted by Crippen LogP contribution is -2.37. The Balaban J connectivity index is 1.62. The van der Waals surface area contributed by atoms with E-state index in [9.17, 15) is 4.79 Å². The van der Waals surface area contributed by atoms with Crippen molar-refractivity contribution in [1.82, 2.24) is 14.9 Å². The van der Waals surface area contributed by atoms with Gasteiger partial charge in [0.25, 0.3) is 0 Å². The van der Waals surface area contributed by atoms with Crippen molar-refractivity contribution in [2.45, 2.75) is 26.7 Å². The molecule has 0 aliphatic carbocycles. The van der Waals surface area contributed by atoms with Gasteiger partial charge in [0.05, 0.1) is 19.6 Å². The summed E-state index contributed by atoms with van der Waals surface area (Å²) < 4.78 is 5.71. The van der Waals surface area contributed by atoms with E-state index in [2.05, 4.69) is 23.0 Å². The molecular formula is C18H23N3O2S. The third-order valence-electron chi connectivity index (χ3n) is 4.17. The minimum absolute atomic E-state index is 0.186. The van der Waals surface area contributed by atoms with Crippen molar-refractivity contribution < 1.29 is 9.53 Å². The zero-order chi connectivity index (χ0) is 16.9. The first kappa shape index (κ1) is 17.0. The third-order valence-corrected chi connectivity index (χ3v) is 5.17.